The number of fused-ring (bicyclic) bond motifs is 2. The van der Waals surface area contributed by atoms with Gasteiger partial charge in [0.25, 0.3) is 0 Å². The summed E-state index contributed by atoms with van der Waals surface area (Å²) in [6.07, 6.45) is 1.40. The maximum atomic E-state index is 13.0. The molecule has 3 aromatic heterocycles. The van der Waals surface area contributed by atoms with Gasteiger partial charge in [0.15, 0.2) is 17.0 Å². The zero-order valence-corrected chi connectivity index (χ0v) is 29.5. The summed E-state index contributed by atoms with van der Waals surface area (Å²) in [4.78, 5) is 27.8. The minimum Gasteiger partial charge on any atom is -0.497 e. The standard InChI is InChI=1S/C38H43N7O4/c1-23-20-26-21-27(14-19-30(26)45(23)36(46)49-38(5,6)7)40-35-41-33(43-37(2,3)4)31-34(42-35)44(22-39-31)32(24-10-15-28(47-8)16-11-24)25-12-17-29(48-9)18-13-25/h10-22,32H,1-9H3,(H2,40,41,42,43). The van der Waals surface area contributed by atoms with E-state index in [4.69, 9.17) is 29.2 Å². The molecule has 0 aliphatic heterocycles. The Labute approximate surface area is 286 Å². The van der Waals surface area contributed by atoms with Crippen LogP contribution in [0.3, 0.4) is 0 Å². The van der Waals surface area contributed by atoms with E-state index in [1.807, 2.05) is 82.6 Å². The molecule has 0 atom stereocenters. The van der Waals surface area contributed by atoms with Crippen molar-refractivity contribution in [2.24, 2.45) is 0 Å². The fourth-order valence-corrected chi connectivity index (χ4v) is 5.80. The Kier molecular flexibility index (Phi) is 8.70. The molecule has 11 nitrogen and oxygen atoms in total. The molecule has 2 N–H and O–H groups in total. The number of nitrogens with zero attached hydrogens (tertiary/aromatic N) is 5. The third-order valence-corrected chi connectivity index (χ3v) is 7.87. The van der Waals surface area contributed by atoms with E-state index in [0.29, 0.717) is 22.9 Å². The van der Waals surface area contributed by atoms with E-state index >= 15 is 0 Å². The number of methoxy groups -OCH3 is 2. The number of hydrogen-bond acceptors (Lipinski definition) is 9. The van der Waals surface area contributed by atoms with Crippen LogP contribution in [0.25, 0.3) is 22.1 Å². The number of aromatic nitrogens is 5. The highest BCUT2D eigenvalue weighted by molar-refractivity contribution is 5.93. The second kappa shape index (κ2) is 12.8. The molecular weight excluding hydrogens is 618 g/mol. The number of imidazole rings is 1. The van der Waals surface area contributed by atoms with Crippen LogP contribution in [0.2, 0.25) is 0 Å². The molecule has 0 aliphatic rings. The van der Waals surface area contributed by atoms with E-state index < -0.39 is 11.7 Å². The van der Waals surface area contributed by atoms with Gasteiger partial charge in [0.2, 0.25) is 5.95 Å². The molecule has 6 rings (SSSR count). The van der Waals surface area contributed by atoms with Gasteiger partial charge < -0.3 is 29.4 Å². The first-order chi connectivity index (χ1) is 23.2. The number of ether oxygens (including phenoxy) is 3. The quantitative estimate of drug-likeness (QED) is 0.166. The van der Waals surface area contributed by atoms with Gasteiger partial charge in [-0.15, -0.1) is 0 Å². The highest BCUT2D eigenvalue weighted by Crippen LogP contribution is 2.34. The highest BCUT2D eigenvalue weighted by atomic mass is 16.6. The lowest BCUT2D eigenvalue weighted by molar-refractivity contribution is 0.0541. The van der Waals surface area contributed by atoms with E-state index in [1.165, 1.54) is 0 Å². The molecule has 6 aromatic rings. The van der Waals surface area contributed by atoms with E-state index in [9.17, 15) is 4.79 Å². The van der Waals surface area contributed by atoms with Gasteiger partial charge in [0, 0.05) is 22.3 Å². The number of rotatable bonds is 8. The van der Waals surface area contributed by atoms with Crippen LogP contribution in [0.5, 0.6) is 11.5 Å². The van der Waals surface area contributed by atoms with Crippen LogP contribution >= 0.6 is 0 Å². The van der Waals surface area contributed by atoms with Crippen molar-refractivity contribution in [2.45, 2.75) is 65.6 Å². The van der Waals surface area contributed by atoms with Crippen molar-refractivity contribution >= 4 is 45.6 Å². The van der Waals surface area contributed by atoms with Gasteiger partial charge in [-0.25, -0.2) is 14.3 Å². The molecule has 0 aliphatic carbocycles. The van der Waals surface area contributed by atoms with Crippen molar-refractivity contribution in [2.75, 3.05) is 24.9 Å². The first-order valence-corrected chi connectivity index (χ1v) is 16.2. The Morgan fingerprint density at radius 2 is 1.43 bits per heavy atom. The number of aryl methyl sites for hydroxylation is 1. The van der Waals surface area contributed by atoms with Crippen molar-refractivity contribution in [3.05, 3.63) is 95.9 Å². The Hall–Kier alpha value is -5.58. The minimum absolute atomic E-state index is 0.265. The summed E-state index contributed by atoms with van der Waals surface area (Å²) in [7, 11) is 3.31. The molecule has 0 fully saturated rings. The molecule has 0 saturated heterocycles. The monoisotopic (exact) mass is 661 g/mol. The van der Waals surface area contributed by atoms with E-state index in [1.54, 1.807) is 18.8 Å². The summed E-state index contributed by atoms with van der Waals surface area (Å²) >= 11 is 0. The van der Waals surface area contributed by atoms with Crippen LogP contribution in [0.15, 0.2) is 79.1 Å². The molecule has 0 radical (unpaired) electrons. The average molecular weight is 662 g/mol. The van der Waals surface area contributed by atoms with Crippen molar-refractivity contribution in [3.63, 3.8) is 0 Å². The number of hydrogen-bond donors (Lipinski definition) is 2. The number of nitrogens with one attached hydrogen (secondary N) is 2. The normalized spacial score (nSPS) is 12.0. The summed E-state index contributed by atoms with van der Waals surface area (Å²) in [6, 6.07) is 23.5. The lowest BCUT2D eigenvalue weighted by Crippen LogP contribution is -2.27. The van der Waals surface area contributed by atoms with Gasteiger partial charge in [0.05, 0.1) is 32.1 Å². The number of anilines is 3. The maximum Gasteiger partial charge on any atom is 0.419 e. The Morgan fingerprint density at radius 1 is 0.816 bits per heavy atom. The Balaban J connectivity index is 1.45. The first kappa shape index (κ1) is 33.3. The number of carbonyl (C=O) groups excluding carboxylic acids is 1. The lowest BCUT2D eigenvalue weighted by Gasteiger charge is -2.23. The second-order valence-corrected chi connectivity index (χ2v) is 14.0. The van der Waals surface area contributed by atoms with Crippen LogP contribution in [0, 0.1) is 6.92 Å². The summed E-state index contributed by atoms with van der Waals surface area (Å²) in [5, 5.41) is 7.82. The van der Waals surface area contributed by atoms with E-state index in [2.05, 4.69) is 60.2 Å². The Bertz CT molecular complexity index is 2070. The molecule has 49 heavy (non-hydrogen) atoms. The third kappa shape index (κ3) is 7.15. The predicted octanol–water partition coefficient (Wildman–Crippen LogP) is 8.48. The van der Waals surface area contributed by atoms with E-state index in [-0.39, 0.29) is 11.6 Å². The lowest BCUT2D eigenvalue weighted by atomic mass is 9.98. The molecule has 254 valence electrons. The molecule has 11 heteroatoms. The molecule has 3 aromatic carbocycles. The fourth-order valence-electron chi connectivity index (χ4n) is 5.80. The SMILES string of the molecule is COc1ccc(C(c2ccc(OC)cc2)n2cnc3c(NC(C)(C)C)nc(Nc4ccc5c(c4)cc(C)n5C(=O)OC(C)(C)C)nc32)cc1. The molecule has 0 spiro atoms. The van der Waals surface area contributed by atoms with Gasteiger partial charge in [-0.05, 0) is 108 Å². The van der Waals surface area contributed by atoms with Crippen LogP contribution in [-0.2, 0) is 4.74 Å². The van der Waals surface area contributed by atoms with Crippen LogP contribution in [-0.4, -0.2) is 55.5 Å². The number of benzene rings is 3. The van der Waals surface area contributed by atoms with Gasteiger partial charge >= 0.3 is 6.09 Å². The van der Waals surface area contributed by atoms with Gasteiger partial charge in [-0.3, -0.25) is 0 Å². The Morgan fingerprint density at radius 3 is 1.98 bits per heavy atom. The second-order valence-electron chi connectivity index (χ2n) is 14.0. The summed E-state index contributed by atoms with van der Waals surface area (Å²) < 4.78 is 20.2. The minimum atomic E-state index is -0.608. The molecule has 0 unspecified atom stereocenters. The van der Waals surface area contributed by atoms with Crippen molar-refractivity contribution in [1.29, 1.82) is 0 Å². The average Bonchev–Trinajstić information content (AvgIpc) is 3.60. The van der Waals surface area contributed by atoms with Crippen molar-refractivity contribution in [3.8, 4) is 11.5 Å². The first-order valence-electron chi connectivity index (χ1n) is 16.2. The summed E-state index contributed by atoms with van der Waals surface area (Å²) in [5.41, 5.74) is 4.74. The maximum absolute atomic E-state index is 13.0. The topological polar surface area (TPSA) is 117 Å². The summed E-state index contributed by atoms with van der Waals surface area (Å²) in [6.45, 7) is 13.7. The smallest absolute Gasteiger partial charge is 0.419 e. The van der Waals surface area contributed by atoms with Crippen molar-refractivity contribution in [1.82, 2.24) is 24.1 Å². The predicted molar refractivity (Wildman–Crippen MR) is 194 cm³/mol. The van der Waals surface area contributed by atoms with Gasteiger partial charge in [0.1, 0.15) is 17.1 Å². The fraction of sp³-hybridized carbons (Fsp3) is 0.316. The van der Waals surface area contributed by atoms with Crippen LogP contribution < -0.4 is 20.1 Å². The molecule has 0 amide bonds. The molecule has 0 bridgehead atoms. The van der Waals surface area contributed by atoms with Crippen LogP contribution in [0.1, 0.15) is 64.4 Å². The van der Waals surface area contributed by atoms with E-state index in [0.717, 1.165) is 44.9 Å². The van der Waals surface area contributed by atoms with Crippen molar-refractivity contribution < 1.29 is 19.0 Å². The summed E-state index contributed by atoms with van der Waals surface area (Å²) in [5.74, 6) is 2.54. The zero-order valence-electron chi connectivity index (χ0n) is 29.5. The van der Waals surface area contributed by atoms with Gasteiger partial charge in [-0.2, -0.15) is 9.97 Å². The van der Waals surface area contributed by atoms with Gasteiger partial charge in [-0.1, -0.05) is 24.3 Å². The zero-order chi connectivity index (χ0) is 35.1. The molecular formula is C38H43N7O4. The third-order valence-electron chi connectivity index (χ3n) is 7.87. The highest BCUT2D eigenvalue weighted by Gasteiger charge is 2.25. The molecule has 3 heterocycles. The largest absolute Gasteiger partial charge is 0.497 e. The molecule has 0 saturated carbocycles. The van der Waals surface area contributed by atoms with Crippen LogP contribution in [0.4, 0.5) is 22.2 Å². The number of carbonyl (C=O) groups is 1.